The number of anilines is 2. The Labute approximate surface area is 195 Å². The van der Waals surface area contributed by atoms with Gasteiger partial charge in [0.15, 0.2) is 12.5 Å². The van der Waals surface area contributed by atoms with E-state index in [1.807, 2.05) is 54.6 Å². The fourth-order valence-electron chi connectivity index (χ4n) is 3.29. The molecule has 2 aromatic carbocycles. The van der Waals surface area contributed by atoms with Crippen LogP contribution in [0.25, 0.3) is 11.3 Å². The Morgan fingerprint density at radius 1 is 0.971 bits per heavy atom. The Kier molecular flexibility index (Phi) is 6.95. The SMILES string of the molecule is Nc1ccc(-c2cc(Cc3ccc(OCc4ccccc4)cc3)no2)c(N)[n+]1COP(=O)(O)O. The maximum atomic E-state index is 11.0. The molecule has 0 fully saturated rings. The molecule has 0 saturated carbocycles. The zero-order chi connectivity index (χ0) is 24.1. The average molecular weight is 483 g/mol. The van der Waals surface area contributed by atoms with Crippen LogP contribution in [0.5, 0.6) is 5.75 Å². The lowest BCUT2D eigenvalue weighted by atomic mass is 10.1. The van der Waals surface area contributed by atoms with Crippen LogP contribution in [0.2, 0.25) is 0 Å². The minimum absolute atomic E-state index is 0.121. The van der Waals surface area contributed by atoms with Gasteiger partial charge in [-0.15, -0.1) is 0 Å². The molecule has 4 rings (SSSR count). The van der Waals surface area contributed by atoms with Crippen LogP contribution in [0.15, 0.2) is 77.3 Å². The summed E-state index contributed by atoms with van der Waals surface area (Å²) in [7, 11) is -4.69. The topological polar surface area (TPSA) is 158 Å². The first-order chi connectivity index (χ1) is 16.3. The second-order valence-electron chi connectivity index (χ2n) is 7.51. The monoisotopic (exact) mass is 483 g/mol. The highest BCUT2D eigenvalue weighted by atomic mass is 31.2. The Morgan fingerprint density at radius 3 is 2.41 bits per heavy atom. The van der Waals surface area contributed by atoms with E-state index in [4.69, 9.17) is 30.5 Å². The molecule has 176 valence electrons. The quantitative estimate of drug-likeness (QED) is 0.207. The summed E-state index contributed by atoms with van der Waals surface area (Å²) >= 11 is 0. The highest BCUT2D eigenvalue weighted by molar-refractivity contribution is 7.46. The van der Waals surface area contributed by atoms with Gasteiger partial charge in [0.1, 0.15) is 12.4 Å². The van der Waals surface area contributed by atoms with Crippen molar-refractivity contribution in [2.45, 2.75) is 19.8 Å². The van der Waals surface area contributed by atoms with Gasteiger partial charge < -0.3 is 30.5 Å². The predicted molar refractivity (Wildman–Crippen MR) is 124 cm³/mol. The molecular formula is C23H24N4O6P+. The highest BCUT2D eigenvalue weighted by Crippen LogP contribution is 2.36. The number of nitrogens with two attached hydrogens (primary N) is 2. The van der Waals surface area contributed by atoms with E-state index in [1.165, 1.54) is 10.6 Å². The largest absolute Gasteiger partial charge is 0.489 e. The number of benzene rings is 2. The van der Waals surface area contributed by atoms with Gasteiger partial charge in [-0.05, 0) is 29.3 Å². The van der Waals surface area contributed by atoms with Crippen LogP contribution >= 0.6 is 7.82 Å². The maximum absolute atomic E-state index is 11.0. The smallest absolute Gasteiger partial charge is 0.472 e. The van der Waals surface area contributed by atoms with Crippen molar-refractivity contribution in [1.82, 2.24) is 5.16 Å². The summed E-state index contributed by atoms with van der Waals surface area (Å²) in [5.41, 5.74) is 15.3. The van der Waals surface area contributed by atoms with Gasteiger partial charge in [-0.3, -0.25) is 4.52 Å². The third-order valence-electron chi connectivity index (χ3n) is 5.04. The van der Waals surface area contributed by atoms with E-state index in [-0.39, 0.29) is 11.6 Å². The van der Waals surface area contributed by atoms with Gasteiger partial charge in [-0.25, -0.2) is 9.13 Å². The van der Waals surface area contributed by atoms with Crippen LogP contribution in [0.4, 0.5) is 11.6 Å². The van der Waals surface area contributed by atoms with Gasteiger partial charge in [0.2, 0.25) is 11.6 Å². The van der Waals surface area contributed by atoms with Crippen molar-refractivity contribution < 1.29 is 32.7 Å². The molecular weight excluding hydrogens is 459 g/mol. The van der Waals surface area contributed by atoms with Crippen molar-refractivity contribution >= 4 is 19.5 Å². The van der Waals surface area contributed by atoms with E-state index >= 15 is 0 Å². The van der Waals surface area contributed by atoms with Gasteiger partial charge in [-0.2, -0.15) is 0 Å². The molecule has 0 spiro atoms. The Balaban J connectivity index is 1.43. The van der Waals surface area contributed by atoms with E-state index in [0.29, 0.717) is 30.0 Å². The Morgan fingerprint density at radius 2 is 1.71 bits per heavy atom. The lowest BCUT2D eigenvalue weighted by Gasteiger charge is -2.10. The van der Waals surface area contributed by atoms with Crippen LogP contribution < -0.4 is 20.8 Å². The van der Waals surface area contributed by atoms with Crippen molar-refractivity contribution in [3.8, 4) is 17.1 Å². The van der Waals surface area contributed by atoms with Crippen LogP contribution in [-0.4, -0.2) is 14.9 Å². The van der Waals surface area contributed by atoms with E-state index < -0.39 is 14.6 Å². The predicted octanol–water partition coefficient (Wildman–Crippen LogP) is 3.03. The van der Waals surface area contributed by atoms with Crippen molar-refractivity contribution in [1.29, 1.82) is 0 Å². The summed E-state index contributed by atoms with van der Waals surface area (Å²) in [4.78, 5) is 17.9. The van der Waals surface area contributed by atoms with Crippen molar-refractivity contribution in [2.24, 2.45) is 0 Å². The maximum Gasteiger partial charge on any atom is 0.472 e. The van der Waals surface area contributed by atoms with Gasteiger partial charge in [-0.1, -0.05) is 47.6 Å². The number of pyridine rings is 1. The second kappa shape index (κ2) is 10.1. The summed E-state index contributed by atoms with van der Waals surface area (Å²) in [6, 6.07) is 22.6. The molecule has 4 aromatic rings. The number of phosphoric ester groups is 1. The number of phosphoric acid groups is 1. The minimum atomic E-state index is -4.69. The van der Waals surface area contributed by atoms with E-state index in [2.05, 4.69) is 9.68 Å². The lowest BCUT2D eigenvalue weighted by molar-refractivity contribution is -0.698. The summed E-state index contributed by atoms with van der Waals surface area (Å²) in [5, 5.41) is 4.11. The average Bonchev–Trinajstić information content (AvgIpc) is 3.26. The first kappa shape index (κ1) is 23.5. The molecule has 11 heteroatoms. The zero-order valence-electron chi connectivity index (χ0n) is 18.1. The van der Waals surface area contributed by atoms with Crippen LogP contribution in [0, 0.1) is 0 Å². The second-order valence-corrected chi connectivity index (χ2v) is 8.75. The van der Waals surface area contributed by atoms with Gasteiger partial charge in [0.25, 0.3) is 0 Å². The first-order valence-electron chi connectivity index (χ1n) is 10.3. The molecule has 2 heterocycles. The van der Waals surface area contributed by atoms with E-state index in [1.54, 1.807) is 12.1 Å². The fourth-order valence-corrected chi connectivity index (χ4v) is 3.56. The summed E-state index contributed by atoms with van der Waals surface area (Å²) in [6.07, 6.45) is 0.526. The first-order valence-corrected chi connectivity index (χ1v) is 11.8. The number of hydrogen-bond donors (Lipinski definition) is 4. The van der Waals surface area contributed by atoms with Crippen LogP contribution in [0.3, 0.4) is 0 Å². The number of rotatable bonds is 9. The van der Waals surface area contributed by atoms with Crippen molar-refractivity contribution in [2.75, 3.05) is 11.5 Å². The molecule has 0 amide bonds. The van der Waals surface area contributed by atoms with Crippen LogP contribution in [0.1, 0.15) is 16.8 Å². The third-order valence-corrected chi connectivity index (χ3v) is 5.49. The lowest BCUT2D eigenvalue weighted by Crippen LogP contribution is -2.41. The van der Waals surface area contributed by atoms with Crippen LogP contribution in [-0.2, 0) is 28.8 Å². The molecule has 0 unspecified atom stereocenters. The minimum Gasteiger partial charge on any atom is -0.489 e. The molecule has 0 saturated heterocycles. The fraction of sp³-hybridized carbons (Fsp3) is 0.130. The van der Waals surface area contributed by atoms with E-state index in [0.717, 1.165) is 16.9 Å². The van der Waals surface area contributed by atoms with Gasteiger partial charge in [0.05, 0.1) is 11.3 Å². The molecule has 0 atom stereocenters. The Bertz CT molecular complexity index is 1310. The number of aromatic nitrogens is 2. The molecule has 10 nitrogen and oxygen atoms in total. The molecule has 0 aliphatic heterocycles. The molecule has 6 N–H and O–H groups in total. The van der Waals surface area contributed by atoms with Gasteiger partial charge in [0, 0.05) is 18.6 Å². The number of ether oxygens (including phenoxy) is 1. The zero-order valence-corrected chi connectivity index (χ0v) is 19.0. The van der Waals surface area contributed by atoms with Crippen molar-refractivity contribution in [3.05, 3.63) is 89.6 Å². The molecule has 2 aromatic heterocycles. The molecule has 0 aliphatic carbocycles. The molecule has 0 radical (unpaired) electrons. The number of hydrogen-bond acceptors (Lipinski definition) is 7. The van der Waals surface area contributed by atoms with Crippen molar-refractivity contribution in [3.63, 3.8) is 0 Å². The molecule has 0 aliphatic rings. The molecule has 0 bridgehead atoms. The number of nitrogens with zero attached hydrogens (tertiary/aromatic N) is 2. The standard InChI is InChI=1S/C23H23N4O6P/c24-22-11-10-20(23(25)27(22)15-32-34(28,29)30)21-13-18(26-33-21)12-16-6-8-19(9-7-16)31-14-17-4-2-1-3-5-17/h1-11,13H,12,14-15H2,(H5,24,25,26,28,29,30)/p+1. The summed E-state index contributed by atoms with van der Waals surface area (Å²) < 4.78 is 28.0. The Hall–Kier alpha value is -3.69. The van der Waals surface area contributed by atoms with E-state index in [9.17, 15) is 4.57 Å². The normalized spacial score (nSPS) is 11.5. The highest BCUT2D eigenvalue weighted by Gasteiger charge is 2.22. The van der Waals surface area contributed by atoms with Gasteiger partial charge >= 0.3 is 7.82 Å². The summed E-state index contributed by atoms with van der Waals surface area (Å²) in [6.45, 7) is -0.0233. The third kappa shape index (κ3) is 6.00. The molecule has 34 heavy (non-hydrogen) atoms. The summed E-state index contributed by atoms with van der Waals surface area (Å²) in [5.74, 6) is 1.45. The number of nitrogen functional groups attached to an aromatic ring is 2.